The number of para-hydroxylation sites is 1. The Kier molecular flexibility index (Phi) is 5.99. The molecule has 5 rings (SSSR count). The van der Waals surface area contributed by atoms with Crippen LogP contribution in [-0.2, 0) is 0 Å². The predicted molar refractivity (Wildman–Crippen MR) is 136 cm³/mol. The van der Waals surface area contributed by atoms with E-state index >= 15 is 0 Å². The largest absolute Gasteiger partial charge is 0.497 e. The van der Waals surface area contributed by atoms with Gasteiger partial charge in [0.25, 0.3) is 5.91 Å². The van der Waals surface area contributed by atoms with Crippen LogP contribution in [0.4, 0.5) is 5.13 Å². The van der Waals surface area contributed by atoms with Crippen molar-refractivity contribution in [2.24, 2.45) is 5.10 Å². The van der Waals surface area contributed by atoms with Crippen LogP contribution in [0.1, 0.15) is 15.9 Å². The molecule has 2 aromatic heterocycles. The maximum absolute atomic E-state index is 13.5. The molecule has 0 atom stereocenters. The van der Waals surface area contributed by atoms with Gasteiger partial charge in [-0.3, -0.25) is 9.59 Å². The number of carbonyl (C=O) groups is 1. The van der Waals surface area contributed by atoms with Gasteiger partial charge in [0.2, 0.25) is 10.6 Å². The van der Waals surface area contributed by atoms with Gasteiger partial charge in [0, 0.05) is 5.56 Å². The number of thiazole rings is 1. The molecule has 0 bridgehead atoms. The summed E-state index contributed by atoms with van der Waals surface area (Å²) in [7, 11) is 3.14. The Balaban J connectivity index is 1.58. The fraction of sp³-hybridized carbons (Fsp3) is 0.0769. The number of ether oxygens (including phenoxy) is 2. The summed E-state index contributed by atoms with van der Waals surface area (Å²) in [6, 6.07) is 19.1. The van der Waals surface area contributed by atoms with E-state index in [-0.39, 0.29) is 11.0 Å². The zero-order valence-electron chi connectivity index (χ0n) is 18.8. The topological polar surface area (TPSA) is 94.2 Å². The van der Waals surface area contributed by atoms with E-state index in [0.29, 0.717) is 38.7 Å². The minimum absolute atomic E-state index is 0.207. The quantitative estimate of drug-likeness (QED) is 0.245. The van der Waals surface area contributed by atoms with Crippen molar-refractivity contribution in [1.82, 2.24) is 4.98 Å². The highest BCUT2D eigenvalue weighted by Gasteiger charge is 2.21. The number of methoxy groups -OCH3 is 2. The second kappa shape index (κ2) is 9.40. The van der Waals surface area contributed by atoms with Gasteiger partial charge in [-0.05, 0) is 54.6 Å². The van der Waals surface area contributed by atoms with Crippen LogP contribution < -0.4 is 19.9 Å². The average molecular weight is 486 g/mol. The minimum Gasteiger partial charge on any atom is -0.497 e. The van der Waals surface area contributed by atoms with E-state index in [9.17, 15) is 9.59 Å². The summed E-state index contributed by atoms with van der Waals surface area (Å²) in [6.07, 6.45) is 2.64. The highest BCUT2D eigenvalue weighted by atomic mass is 32.1. The number of anilines is 1. The Bertz CT molecular complexity index is 1620. The van der Waals surface area contributed by atoms with Gasteiger partial charge in [-0.1, -0.05) is 23.5 Å². The van der Waals surface area contributed by atoms with E-state index in [1.165, 1.54) is 28.8 Å². The molecule has 0 saturated carbocycles. The molecule has 174 valence electrons. The Hall–Kier alpha value is -4.50. The van der Waals surface area contributed by atoms with Crippen molar-refractivity contribution in [3.05, 3.63) is 94.3 Å². The summed E-state index contributed by atoms with van der Waals surface area (Å²) in [4.78, 5) is 31.0. The van der Waals surface area contributed by atoms with Crippen molar-refractivity contribution >= 4 is 49.8 Å². The molecule has 0 aliphatic rings. The van der Waals surface area contributed by atoms with Crippen molar-refractivity contribution in [2.45, 2.75) is 0 Å². The number of rotatable bonds is 6. The van der Waals surface area contributed by atoms with Crippen molar-refractivity contribution in [3.8, 4) is 11.5 Å². The molecule has 35 heavy (non-hydrogen) atoms. The first kappa shape index (κ1) is 22.3. The van der Waals surface area contributed by atoms with Crippen LogP contribution >= 0.6 is 11.3 Å². The standard InChI is InChI=1S/C26H19N3O5S/c1-32-18-9-7-16(8-10-18)25(31)29(26-28-21-12-11-19(33-2)13-23(21)35-26)27-14-17-15-34-22-6-4-3-5-20(22)24(17)30/h3-15H,1-2H3/b27-14+. The second-order valence-corrected chi connectivity index (χ2v) is 8.45. The van der Waals surface area contributed by atoms with Crippen LogP contribution in [0.3, 0.4) is 0 Å². The maximum atomic E-state index is 13.5. The van der Waals surface area contributed by atoms with Crippen LogP contribution in [-0.4, -0.2) is 31.3 Å². The third-order valence-corrected chi connectivity index (χ3v) is 6.31. The van der Waals surface area contributed by atoms with Gasteiger partial charge in [-0.25, -0.2) is 4.98 Å². The van der Waals surface area contributed by atoms with E-state index < -0.39 is 5.91 Å². The lowest BCUT2D eigenvalue weighted by Crippen LogP contribution is -2.26. The monoisotopic (exact) mass is 485 g/mol. The molecule has 9 heteroatoms. The molecule has 0 spiro atoms. The highest BCUT2D eigenvalue weighted by Crippen LogP contribution is 2.32. The molecule has 1 amide bonds. The molecule has 0 aliphatic heterocycles. The summed E-state index contributed by atoms with van der Waals surface area (Å²) in [5.74, 6) is 0.885. The van der Waals surface area contributed by atoms with Crippen LogP contribution in [0.5, 0.6) is 11.5 Å². The third-order valence-electron chi connectivity index (χ3n) is 5.31. The predicted octanol–water partition coefficient (Wildman–Crippen LogP) is 5.10. The minimum atomic E-state index is -0.417. The number of hydrogen-bond acceptors (Lipinski definition) is 8. The summed E-state index contributed by atoms with van der Waals surface area (Å²) < 4.78 is 16.9. The summed E-state index contributed by atoms with van der Waals surface area (Å²) in [6.45, 7) is 0. The molecule has 0 radical (unpaired) electrons. The van der Waals surface area contributed by atoms with Crippen molar-refractivity contribution in [3.63, 3.8) is 0 Å². The Morgan fingerprint density at radius 3 is 2.54 bits per heavy atom. The van der Waals surface area contributed by atoms with Crippen molar-refractivity contribution in [2.75, 3.05) is 19.2 Å². The van der Waals surface area contributed by atoms with Crippen LogP contribution in [0.15, 0.2) is 87.3 Å². The van der Waals surface area contributed by atoms with Gasteiger partial charge in [-0.2, -0.15) is 10.1 Å². The van der Waals surface area contributed by atoms with Crippen LogP contribution in [0, 0.1) is 0 Å². The van der Waals surface area contributed by atoms with E-state index in [0.717, 1.165) is 4.70 Å². The second-order valence-electron chi connectivity index (χ2n) is 7.44. The summed E-state index contributed by atoms with van der Waals surface area (Å²) in [5, 5.41) is 6.32. The van der Waals surface area contributed by atoms with Gasteiger partial charge in [0.05, 0.1) is 41.6 Å². The van der Waals surface area contributed by atoms with Crippen molar-refractivity contribution < 1.29 is 18.7 Å². The molecule has 0 saturated heterocycles. The number of nitrogens with zero attached hydrogens (tertiary/aromatic N) is 3. The van der Waals surface area contributed by atoms with E-state index in [2.05, 4.69) is 10.1 Å². The molecule has 0 unspecified atom stereocenters. The molecular weight excluding hydrogens is 466 g/mol. The lowest BCUT2D eigenvalue weighted by atomic mass is 10.2. The molecule has 5 aromatic rings. The van der Waals surface area contributed by atoms with E-state index in [1.54, 1.807) is 68.8 Å². The first-order valence-corrected chi connectivity index (χ1v) is 11.4. The molecule has 0 aliphatic carbocycles. The number of hydrogen-bond donors (Lipinski definition) is 0. The van der Waals surface area contributed by atoms with Crippen LogP contribution in [0.25, 0.3) is 21.2 Å². The zero-order chi connectivity index (χ0) is 24.4. The summed E-state index contributed by atoms with van der Waals surface area (Å²) >= 11 is 1.28. The van der Waals surface area contributed by atoms with Crippen molar-refractivity contribution in [1.29, 1.82) is 0 Å². The van der Waals surface area contributed by atoms with Gasteiger partial charge in [0.1, 0.15) is 23.3 Å². The molecular formula is C26H19N3O5S. The van der Waals surface area contributed by atoms with E-state index in [1.807, 2.05) is 12.1 Å². The van der Waals surface area contributed by atoms with Crippen LogP contribution in [0.2, 0.25) is 0 Å². The van der Waals surface area contributed by atoms with Gasteiger partial charge in [0.15, 0.2) is 0 Å². The molecule has 0 fully saturated rings. The number of aromatic nitrogens is 1. The molecule has 2 heterocycles. The number of benzene rings is 3. The Labute approximate surface area is 203 Å². The molecule has 8 nitrogen and oxygen atoms in total. The highest BCUT2D eigenvalue weighted by molar-refractivity contribution is 7.22. The average Bonchev–Trinajstić information content (AvgIpc) is 3.33. The van der Waals surface area contributed by atoms with E-state index in [4.69, 9.17) is 13.9 Å². The maximum Gasteiger partial charge on any atom is 0.280 e. The normalized spacial score (nSPS) is 11.3. The number of amides is 1. The van der Waals surface area contributed by atoms with Gasteiger partial charge >= 0.3 is 0 Å². The SMILES string of the molecule is COc1ccc(C(=O)N(/N=C/c2coc3ccccc3c2=O)c2nc3ccc(OC)cc3s2)cc1. The Morgan fingerprint density at radius 2 is 1.77 bits per heavy atom. The lowest BCUT2D eigenvalue weighted by molar-refractivity contribution is 0.0988. The molecule has 3 aromatic carbocycles. The Morgan fingerprint density at radius 1 is 1.03 bits per heavy atom. The van der Waals surface area contributed by atoms with Gasteiger partial charge in [-0.15, -0.1) is 0 Å². The lowest BCUT2D eigenvalue weighted by Gasteiger charge is -2.14. The van der Waals surface area contributed by atoms with Gasteiger partial charge < -0.3 is 13.9 Å². The fourth-order valence-electron chi connectivity index (χ4n) is 3.46. The third kappa shape index (κ3) is 4.36. The number of fused-ring (bicyclic) bond motifs is 2. The first-order valence-electron chi connectivity index (χ1n) is 10.5. The molecule has 0 N–H and O–H groups in total. The smallest absolute Gasteiger partial charge is 0.280 e. The first-order chi connectivity index (χ1) is 17.1. The zero-order valence-corrected chi connectivity index (χ0v) is 19.6. The fourth-order valence-corrected chi connectivity index (χ4v) is 4.41. The number of carbonyl (C=O) groups excluding carboxylic acids is 1. The number of hydrazone groups is 1. The summed E-state index contributed by atoms with van der Waals surface area (Å²) in [5.41, 5.74) is 1.51.